The van der Waals surface area contributed by atoms with E-state index in [4.69, 9.17) is 4.74 Å². The van der Waals surface area contributed by atoms with Crippen molar-refractivity contribution in [2.45, 2.75) is 25.5 Å². The number of sulfone groups is 1. The molecule has 0 spiro atoms. The topological polar surface area (TPSA) is 96.3 Å². The van der Waals surface area contributed by atoms with E-state index in [1.807, 2.05) is 43.3 Å². The van der Waals surface area contributed by atoms with Crippen molar-refractivity contribution in [1.29, 1.82) is 5.26 Å². The van der Waals surface area contributed by atoms with Crippen molar-refractivity contribution < 1.29 is 17.9 Å². The molecule has 3 rings (SSSR count). The first-order chi connectivity index (χ1) is 11.9. The first kappa shape index (κ1) is 17.2. The fraction of sp³-hybridized carbons (Fsp3) is 0.333. The number of hydrogen-bond donors (Lipinski definition) is 1. The Morgan fingerprint density at radius 1 is 1.40 bits per heavy atom. The minimum absolute atomic E-state index is 0.0645. The maximum atomic E-state index is 12.3. The number of rotatable bonds is 3. The van der Waals surface area contributed by atoms with Crippen LogP contribution >= 0.6 is 0 Å². The molecule has 6 nitrogen and oxygen atoms in total. The number of nitriles is 1. The summed E-state index contributed by atoms with van der Waals surface area (Å²) in [5, 5.41) is 12.0. The lowest BCUT2D eigenvalue weighted by molar-refractivity contribution is -0.117. The Balaban J connectivity index is 1.80. The Hall–Kier alpha value is -2.59. The SMILES string of the molecule is C[C@@H]1Oc2ccccc2C=C1/C=C(\C#N)C(=O)N[C@@H]1CCS(=O)(=O)C1. The van der Waals surface area contributed by atoms with E-state index in [0.29, 0.717) is 12.0 Å². The highest BCUT2D eigenvalue weighted by Gasteiger charge is 2.29. The molecule has 1 aromatic rings. The van der Waals surface area contributed by atoms with E-state index in [1.54, 1.807) is 0 Å². The van der Waals surface area contributed by atoms with Crippen LogP contribution in [-0.2, 0) is 14.6 Å². The fourth-order valence-electron chi connectivity index (χ4n) is 2.91. The molecule has 0 bridgehead atoms. The fourth-order valence-corrected chi connectivity index (χ4v) is 4.58. The third-order valence-electron chi connectivity index (χ3n) is 4.26. The number of hydrogen-bond acceptors (Lipinski definition) is 5. The first-order valence-corrected chi connectivity index (χ1v) is 9.80. The van der Waals surface area contributed by atoms with Crippen LogP contribution in [0.15, 0.2) is 41.5 Å². The van der Waals surface area contributed by atoms with Gasteiger partial charge in [-0.2, -0.15) is 5.26 Å². The highest BCUT2D eigenvalue weighted by molar-refractivity contribution is 7.91. The van der Waals surface area contributed by atoms with E-state index in [1.165, 1.54) is 6.08 Å². The molecule has 1 N–H and O–H groups in total. The molecule has 1 aromatic carbocycles. The normalized spacial score (nSPS) is 24.5. The molecule has 2 aliphatic rings. The zero-order valence-electron chi connectivity index (χ0n) is 13.7. The van der Waals surface area contributed by atoms with Gasteiger partial charge in [0.2, 0.25) is 0 Å². The molecule has 1 saturated heterocycles. The van der Waals surface area contributed by atoms with E-state index in [0.717, 1.165) is 11.3 Å². The molecular weight excluding hydrogens is 340 g/mol. The largest absolute Gasteiger partial charge is 0.485 e. The number of ether oxygens (including phenoxy) is 1. The monoisotopic (exact) mass is 358 g/mol. The zero-order chi connectivity index (χ0) is 18.0. The van der Waals surface area contributed by atoms with E-state index in [2.05, 4.69) is 5.32 Å². The van der Waals surface area contributed by atoms with E-state index < -0.39 is 21.8 Å². The zero-order valence-corrected chi connectivity index (χ0v) is 14.5. The Kier molecular flexibility index (Phi) is 4.64. The van der Waals surface area contributed by atoms with Gasteiger partial charge in [0.25, 0.3) is 5.91 Å². The summed E-state index contributed by atoms with van der Waals surface area (Å²) in [6.07, 6.45) is 3.47. The van der Waals surface area contributed by atoms with Crippen LogP contribution in [0.1, 0.15) is 18.9 Å². The standard InChI is InChI=1S/C18H18N2O4S/c1-12-14(8-13-4-2-3-5-17(13)24-12)9-15(10-19)18(21)20-16-6-7-25(22,23)11-16/h2-5,8-9,12,16H,6-7,11H2,1H3,(H,20,21)/b15-9+/t12-,16+/m0/s1. The van der Waals surface area contributed by atoms with Crippen molar-refractivity contribution in [2.24, 2.45) is 0 Å². The van der Waals surface area contributed by atoms with Gasteiger partial charge in [-0.05, 0) is 37.1 Å². The summed E-state index contributed by atoms with van der Waals surface area (Å²) in [5.74, 6) is 0.187. The van der Waals surface area contributed by atoms with Crippen LogP contribution in [0, 0.1) is 11.3 Å². The van der Waals surface area contributed by atoms with Gasteiger partial charge < -0.3 is 10.1 Å². The summed E-state index contributed by atoms with van der Waals surface area (Å²) < 4.78 is 28.8. The number of carbonyl (C=O) groups is 1. The summed E-state index contributed by atoms with van der Waals surface area (Å²) >= 11 is 0. The van der Waals surface area contributed by atoms with Crippen LogP contribution in [0.25, 0.3) is 6.08 Å². The van der Waals surface area contributed by atoms with Crippen molar-refractivity contribution in [3.8, 4) is 11.8 Å². The quantitative estimate of drug-likeness (QED) is 0.654. The van der Waals surface area contributed by atoms with Crippen molar-refractivity contribution in [2.75, 3.05) is 11.5 Å². The first-order valence-electron chi connectivity index (χ1n) is 7.98. The summed E-state index contributed by atoms with van der Waals surface area (Å²) in [6.45, 7) is 1.84. The summed E-state index contributed by atoms with van der Waals surface area (Å²) in [4.78, 5) is 12.3. The summed E-state index contributed by atoms with van der Waals surface area (Å²) in [7, 11) is -3.09. The second-order valence-corrected chi connectivity index (χ2v) is 8.41. The third kappa shape index (κ3) is 3.91. The van der Waals surface area contributed by atoms with Gasteiger partial charge in [0, 0.05) is 11.6 Å². The maximum absolute atomic E-state index is 12.3. The van der Waals surface area contributed by atoms with Gasteiger partial charge in [0.15, 0.2) is 9.84 Å². The number of nitrogens with zero attached hydrogens (tertiary/aromatic N) is 1. The van der Waals surface area contributed by atoms with Crippen molar-refractivity contribution in [3.05, 3.63) is 47.1 Å². The second-order valence-electron chi connectivity index (χ2n) is 6.19. The van der Waals surface area contributed by atoms with Crippen molar-refractivity contribution in [1.82, 2.24) is 5.32 Å². The lowest BCUT2D eigenvalue weighted by atomic mass is 10.00. The van der Waals surface area contributed by atoms with Crippen LogP contribution in [-0.4, -0.2) is 38.0 Å². The average Bonchev–Trinajstić information content (AvgIpc) is 2.91. The number of benzene rings is 1. The molecule has 0 unspecified atom stereocenters. The van der Waals surface area contributed by atoms with Gasteiger partial charge in [-0.15, -0.1) is 0 Å². The molecule has 0 saturated carbocycles. The minimum atomic E-state index is -3.09. The predicted molar refractivity (Wildman–Crippen MR) is 93.4 cm³/mol. The molecule has 7 heteroatoms. The average molecular weight is 358 g/mol. The molecule has 0 radical (unpaired) electrons. The second kappa shape index (κ2) is 6.73. The Bertz CT molecular complexity index is 909. The molecular formula is C18H18N2O4S. The van der Waals surface area contributed by atoms with Crippen LogP contribution in [0.4, 0.5) is 0 Å². The van der Waals surface area contributed by atoms with E-state index in [9.17, 15) is 18.5 Å². The van der Waals surface area contributed by atoms with Gasteiger partial charge in [0.05, 0.1) is 11.5 Å². The molecule has 1 fully saturated rings. The van der Waals surface area contributed by atoms with Gasteiger partial charge in [-0.1, -0.05) is 18.2 Å². The maximum Gasteiger partial charge on any atom is 0.262 e. The van der Waals surface area contributed by atoms with Crippen LogP contribution in [0.2, 0.25) is 0 Å². The van der Waals surface area contributed by atoms with Crippen LogP contribution < -0.4 is 10.1 Å². The molecule has 2 atom stereocenters. The summed E-state index contributed by atoms with van der Waals surface area (Å²) in [6, 6.07) is 8.97. The molecule has 0 aliphatic carbocycles. The number of fused-ring (bicyclic) bond motifs is 1. The minimum Gasteiger partial charge on any atom is -0.485 e. The number of amides is 1. The number of nitrogens with one attached hydrogen (secondary N) is 1. The van der Waals surface area contributed by atoms with E-state index in [-0.39, 0.29) is 23.2 Å². The highest BCUT2D eigenvalue weighted by atomic mass is 32.2. The number of carbonyl (C=O) groups excluding carboxylic acids is 1. The van der Waals surface area contributed by atoms with E-state index >= 15 is 0 Å². The third-order valence-corrected chi connectivity index (χ3v) is 6.03. The lowest BCUT2D eigenvalue weighted by Gasteiger charge is -2.23. The van der Waals surface area contributed by atoms with Gasteiger partial charge >= 0.3 is 0 Å². The molecule has 2 heterocycles. The Labute approximate surface area is 146 Å². The molecule has 2 aliphatic heterocycles. The Morgan fingerprint density at radius 2 is 2.16 bits per heavy atom. The van der Waals surface area contributed by atoms with Gasteiger partial charge in [0.1, 0.15) is 23.5 Å². The van der Waals surface area contributed by atoms with Crippen molar-refractivity contribution >= 4 is 21.8 Å². The Morgan fingerprint density at radius 3 is 2.84 bits per heavy atom. The molecule has 25 heavy (non-hydrogen) atoms. The highest BCUT2D eigenvalue weighted by Crippen LogP contribution is 2.30. The lowest BCUT2D eigenvalue weighted by Crippen LogP contribution is -2.36. The summed E-state index contributed by atoms with van der Waals surface area (Å²) in [5.41, 5.74) is 1.53. The molecule has 130 valence electrons. The molecule has 1 amide bonds. The molecule has 0 aromatic heterocycles. The van der Waals surface area contributed by atoms with Crippen LogP contribution in [0.3, 0.4) is 0 Å². The van der Waals surface area contributed by atoms with Crippen molar-refractivity contribution in [3.63, 3.8) is 0 Å². The number of para-hydroxylation sites is 1. The smallest absolute Gasteiger partial charge is 0.262 e. The van der Waals surface area contributed by atoms with Gasteiger partial charge in [-0.25, -0.2) is 8.42 Å². The predicted octanol–water partition coefficient (Wildman–Crippen LogP) is 1.60. The van der Waals surface area contributed by atoms with Gasteiger partial charge in [-0.3, -0.25) is 4.79 Å². The van der Waals surface area contributed by atoms with Crippen LogP contribution in [0.5, 0.6) is 5.75 Å².